The van der Waals surface area contributed by atoms with Gasteiger partial charge in [0.15, 0.2) is 0 Å². The normalized spacial score (nSPS) is 24.3. The molecule has 0 bridgehead atoms. The number of hydrogen-bond acceptors (Lipinski definition) is 3. The van der Waals surface area contributed by atoms with Crippen LogP contribution in [0, 0.1) is 0 Å². The van der Waals surface area contributed by atoms with Crippen molar-refractivity contribution in [3.05, 3.63) is 29.8 Å². The molecule has 2 N–H and O–H groups in total. The molecule has 3 heteroatoms. The largest absolute Gasteiger partial charge is 0.488 e. The molecule has 3 atom stereocenters. The Hall–Kier alpha value is -1.06. The lowest BCUT2D eigenvalue weighted by Crippen LogP contribution is -2.30. The zero-order valence-corrected chi connectivity index (χ0v) is 13.3. The van der Waals surface area contributed by atoms with Gasteiger partial charge in [0.05, 0.1) is 6.10 Å². The van der Waals surface area contributed by atoms with Gasteiger partial charge in [0, 0.05) is 6.04 Å². The third kappa shape index (κ3) is 5.33. The molecule has 3 unspecified atom stereocenters. The van der Waals surface area contributed by atoms with Crippen molar-refractivity contribution in [3.63, 3.8) is 0 Å². The molecule has 0 spiro atoms. The molecule has 0 saturated heterocycles. The summed E-state index contributed by atoms with van der Waals surface area (Å²) in [6, 6.07) is 8.90. The molecule has 1 aliphatic carbocycles. The van der Waals surface area contributed by atoms with Crippen molar-refractivity contribution in [2.75, 3.05) is 7.05 Å². The van der Waals surface area contributed by atoms with E-state index < -0.39 is 0 Å². The molecule has 1 aliphatic rings. The van der Waals surface area contributed by atoms with Gasteiger partial charge in [0.2, 0.25) is 0 Å². The number of nitrogens with one attached hydrogen (secondary N) is 1. The zero-order chi connectivity index (χ0) is 15.1. The highest BCUT2D eigenvalue weighted by molar-refractivity contribution is 5.27. The summed E-state index contributed by atoms with van der Waals surface area (Å²) in [5.74, 6) is 0.881. The second kappa shape index (κ2) is 8.40. The van der Waals surface area contributed by atoms with E-state index in [1.54, 1.807) is 0 Å². The number of aliphatic hydroxyl groups is 1. The number of aryl methyl sites for hydroxylation is 1. The van der Waals surface area contributed by atoms with Crippen LogP contribution in [-0.4, -0.2) is 30.4 Å². The average Bonchev–Trinajstić information content (AvgIpc) is 2.71. The Balaban J connectivity index is 1.86. The van der Waals surface area contributed by atoms with Crippen LogP contribution in [-0.2, 0) is 6.42 Å². The van der Waals surface area contributed by atoms with Crippen LogP contribution in [0.15, 0.2) is 24.3 Å². The standard InChI is InChI=1S/C18H29NO2/c1-14(19-2)8-9-15-10-12-16(13-11-15)21-18-7-5-3-4-6-17(18)20/h10-14,17-20H,3-9H2,1-2H3. The Labute approximate surface area is 128 Å². The number of aliphatic hydroxyl groups excluding tert-OH is 1. The van der Waals surface area contributed by atoms with Gasteiger partial charge in [-0.15, -0.1) is 0 Å². The van der Waals surface area contributed by atoms with E-state index in [1.807, 2.05) is 19.2 Å². The summed E-state index contributed by atoms with van der Waals surface area (Å²) in [5, 5.41) is 13.4. The van der Waals surface area contributed by atoms with E-state index in [9.17, 15) is 5.11 Å². The van der Waals surface area contributed by atoms with Crippen molar-refractivity contribution >= 4 is 0 Å². The van der Waals surface area contributed by atoms with Gasteiger partial charge < -0.3 is 15.2 Å². The first kappa shape index (κ1) is 16.3. The van der Waals surface area contributed by atoms with Crippen LogP contribution in [0.5, 0.6) is 5.75 Å². The molecular weight excluding hydrogens is 262 g/mol. The van der Waals surface area contributed by atoms with E-state index in [2.05, 4.69) is 24.4 Å². The van der Waals surface area contributed by atoms with Gasteiger partial charge in [0.25, 0.3) is 0 Å². The summed E-state index contributed by atoms with van der Waals surface area (Å²) < 4.78 is 5.99. The number of hydrogen-bond donors (Lipinski definition) is 2. The van der Waals surface area contributed by atoms with Crippen molar-refractivity contribution in [1.29, 1.82) is 0 Å². The van der Waals surface area contributed by atoms with Gasteiger partial charge in [-0.3, -0.25) is 0 Å². The third-order valence-corrected chi connectivity index (χ3v) is 4.49. The minimum atomic E-state index is -0.316. The lowest BCUT2D eigenvalue weighted by molar-refractivity contribution is 0.0320. The fourth-order valence-corrected chi connectivity index (χ4v) is 2.83. The monoisotopic (exact) mass is 291 g/mol. The maximum Gasteiger partial charge on any atom is 0.124 e. The lowest BCUT2D eigenvalue weighted by Gasteiger charge is -2.22. The van der Waals surface area contributed by atoms with Crippen LogP contribution >= 0.6 is 0 Å². The Morgan fingerprint density at radius 2 is 1.90 bits per heavy atom. The van der Waals surface area contributed by atoms with E-state index in [0.29, 0.717) is 6.04 Å². The Kier molecular flexibility index (Phi) is 6.52. The van der Waals surface area contributed by atoms with Crippen molar-refractivity contribution in [2.45, 2.75) is 70.1 Å². The molecule has 0 aromatic heterocycles. The molecule has 2 rings (SSSR count). The number of benzene rings is 1. The van der Waals surface area contributed by atoms with Gasteiger partial charge in [0.1, 0.15) is 11.9 Å². The molecule has 1 fully saturated rings. The third-order valence-electron chi connectivity index (χ3n) is 4.49. The van der Waals surface area contributed by atoms with Crippen LogP contribution in [0.2, 0.25) is 0 Å². The molecule has 0 heterocycles. The highest BCUT2D eigenvalue weighted by Crippen LogP contribution is 2.23. The molecule has 1 saturated carbocycles. The Morgan fingerprint density at radius 1 is 1.19 bits per heavy atom. The summed E-state index contributed by atoms with van der Waals surface area (Å²) >= 11 is 0. The molecule has 1 aromatic rings. The second-order valence-electron chi connectivity index (χ2n) is 6.23. The summed E-state index contributed by atoms with van der Waals surface area (Å²) in [6.45, 7) is 2.20. The second-order valence-corrected chi connectivity index (χ2v) is 6.23. The fourth-order valence-electron chi connectivity index (χ4n) is 2.83. The van der Waals surface area contributed by atoms with Gasteiger partial charge in [-0.05, 0) is 63.8 Å². The Bertz CT molecular complexity index is 404. The van der Waals surface area contributed by atoms with Crippen molar-refractivity contribution < 1.29 is 9.84 Å². The van der Waals surface area contributed by atoms with Gasteiger partial charge in [-0.2, -0.15) is 0 Å². The highest BCUT2D eigenvalue weighted by Gasteiger charge is 2.23. The topological polar surface area (TPSA) is 41.5 Å². The highest BCUT2D eigenvalue weighted by atomic mass is 16.5. The van der Waals surface area contributed by atoms with Crippen LogP contribution in [0.25, 0.3) is 0 Å². The van der Waals surface area contributed by atoms with E-state index in [-0.39, 0.29) is 12.2 Å². The molecule has 0 aliphatic heterocycles. The lowest BCUT2D eigenvalue weighted by atomic mass is 10.1. The fraction of sp³-hybridized carbons (Fsp3) is 0.667. The van der Waals surface area contributed by atoms with Crippen LogP contribution in [0.3, 0.4) is 0 Å². The minimum absolute atomic E-state index is 0.0392. The summed E-state index contributed by atoms with van der Waals surface area (Å²) in [5.41, 5.74) is 1.34. The van der Waals surface area contributed by atoms with Gasteiger partial charge in [-0.1, -0.05) is 25.0 Å². The molecule has 1 aromatic carbocycles. The predicted molar refractivity (Wildman–Crippen MR) is 86.8 cm³/mol. The number of ether oxygens (including phenoxy) is 1. The van der Waals surface area contributed by atoms with Crippen molar-refractivity contribution in [1.82, 2.24) is 5.32 Å². The molecule has 0 amide bonds. The van der Waals surface area contributed by atoms with E-state index in [0.717, 1.165) is 44.3 Å². The smallest absolute Gasteiger partial charge is 0.124 e. The summed E-state index contributed by atoms with van der Waals surface area (Å²) in [7, 11) is 2.00. The van der Waals surface area contributed by atoms with Crippen LogP contribution in [0.4, 0.5) is 0 Å². The predicted octanol–water partition coefficient (Wildman–Crippen LogP) is 3.30. The van der Waals surface area contributed by atoms with Gasteiger partial charge >= 0.3 is 0 Å². The SMILES string of the molecule is CNC(C)CCc1ccc(OC2CCCCCC2O)cc1. The Morgan fingerprint density at radius 3 is 2.62 bits per heavy atom. The maximum absolute atomic E-state index is 10.1. The molecule has 118 valence electrons. The quantitative estimate of drug-likeness (QED) is 0.790. The molecule has 3 nitrogen and oxygen atoms in total. The first-order valence-corrected chi connectivity index (χ1v) is 8.30. The van der Waals surface area contributed by atoms with Gasteiger partial charge in [-0.25, -0.2) is 0 Å². The molecule has 0 radical (unpaired) electrons. The van der Waals surface area contributed by atoms with Crippen molar-refractivity contribution in [3.8, 4) is 5.75 Å². The minimum Gasteiger partial charge on any atom is -0.488 e. The summed E-state index contributed by atoms with van der Waals surface area (Å²) in [4.78, 5) is 0. The molecular formula is C18H29NO2. The summed E-state index contributed by atoms with van der Waals surface area (Å²) in [6.07, 6.45) is 7.16. The van der Waals surface area contributed by atoms with Crippen LogP contribution in [0.1, 0.15) is 51.0 Å². The van der Waals surface area contributed by atoms with E-state index in [4.69, 9.17) is 4.74 Å². The van der Waals surface area contributed by atoms with E-state index >= 15 is 0 Å². The maximum atomic E-state index is 10.1. The zero-order valence-electron chi connectivity index (χ0n) is 13.3. The average molecular weight is 291 g/mol. The first-order chi connectivity index (χ1) is 10.2. The van der Waals surface area contributed by atoms with E-state index in [1.165, 1.54) is 12.0 Å². The first-order valence-electron chi connectivity index (χ1n) is 8.30. The number of rotatable bonds is 6. The van der Waals surface area contributed by atoms with Crippen molar-refractivity contribution in [2.24, 2.45) is 0 Å². The molecule has 21 heavy (non-hydrogen) atoms. The van der Waals surface area contributed by atoms with Crippen LogP contribution < -0.4 is 10.1 Å².